The number of carbonyl (C=O) groups is 3. The normalized spacial score (nSPS) is 10.3. The average Bonchev–Trinajstić information content (AvgIpc) is 2.74. The van der Waals surface area contributed by atoms with E-state index < -0.39 is 17.5 Å². The van der Waals surface area contributed by atoms with Crippen LogP contribution < -0.4 is 10.1 Å². The van der Waals surface area contributed by atoms with Crippen LogP contribution in [-0.4, -0.2) is 28.1 Å². The highest BCUT2D eigenvalue weighted by Gasteiger charge is 2.18. The minimum atomic E-state index is -1.39. The third kappa shape index (κ3) is 4.76. The highest BCUT2D eigenvalue weighted by atomic mass is 35.5. The van der Waals surface area contributed by atoms with Gasteiger partial charge in [0, 0.05) is 11.4 Å². The van der Waals surface area contributed by atoms with Crippen LogP contribution in [0.25, 0.3) is 0 Å². The number of carboxylic acid groups (broad SMARTS) is 2. The van der Waals surface area contributed by atoms with E-state index in [4.69, 9.17) is 21.4 Å². The summed E-state index contributed by atoms with van der Waals surface area (Å²) < 4.78 is 5.72. The number of ether oxygens (including phenoxy) is 1. The van der Waals surface area contributed by atoms with Gasteiger partial charge in [-0.05, 0) is 48.0 Å². The number of benzene rings is 3. The summed E-state index contributed by atoms with van der Waals surface area (Å²) in [6.07, 6.45) is 0. The Labute approximate surface area is 176 Å². The van der Waals surface area contributed by atoms with Gasteiger partial charge in [0.1, 0.15) is 5.75 Å². The molecule has 0 bridgehead atoms. The van der Waals surface area contributed by atoms with Crippen molar-refractivity contribution >= 4 is 35.1 Å². The molecule has 152 valence electrons. The lowest BCUT2D eigenvalue weighted by Crippen LogP contribution is -2.13. The summed E-state index contributed by atoms with van der Waals surface area (Å²) in [4.78, 5) is 35.2. The van der Waals surface area contributed by atoms with Crippen molar-refractivity contribution in [1.82, 2.24) is 0 Å². The zero-order valence-corrected chi connectivity index (χ0v) is 16.2. The van der Waals surface area contributed by atoms with Gasteiger partial charge in [0.2, 0.25) is 0 Å². The number of anilines is 1. The molecule has 0 spiro atoms. The maximum atomic E-state index is 12.6. The van der Waals surface area contributed by atoms with Gasteiger partial charge in [-0.1, -0.05) is 24.3 Å². The van der Waals surface area contributed by atoms with E-state index in [2.05, 4.69) is 5.32 Å². The van der Waals surface area contributed by atoms with E-state index in [1.165, 1.54) is 6.07 Å². The third-order valence-electron chi connectivity index (χ3n) is 4.16. The number of hydrogen-bond donors (Lipinski definition) is 3. The fraction of sp³-hybridized carbons (Fsp3) is 0.0455. The number of para-hydroxylation sites is 2. The molecule has 0 aliphatic carbocycles. The monoisotopic (exact) mass is 425 g/mol. The largest absolute Gasteiger partial charge is 0.478 e. The number of carbonyl (C=O) groups excluding carboxylic acids is 1. The van der Waals surface area contributed by atoms with Crippen molar-refractivity contribution in [2.75, 3.05) is 5.32 Å². The molecule has 0 saturated heterocycles. The maximum absolute atomic E-state index is 12.6. The lowest BCUT2D eigenvalue weighted by Gasteiger charge is -2.13. The number of aromatic carboxylic acids is 2. The Kier molecular flexibility index (Phi) is 6.34. The van der Waals surface area contributed by atoms with Crippen molar-refractivity contribution in [3.63, 3.8) is 0 Å². The molecule has 3 N–H and O–H groups in total. The van der Waals surface area contributed by atoms with E-state index >= 15 is 0 Å². The van der Waals surface area contributed by atoms with E-state index in [0.29, 0.717) is 11.3 Å². The fourth-order valence-corrected chi connectivity index (χ4v) is 2.89. The van der Waals surface area contributed by atoms with E-state index in [1.807, 2.05) is 6.07 Å². The summed E-state index contributed by atoms with van der Waals surface area (Å²) in [5, 5.41) is 21.1. The van der Waals surface area contributed by atoms with Crippen LogP contribution in [-0.2, 0) is 5.88 Å². The molecule has 7 nitrogen and oxygen atoms in total. The van der Waals surface area contributed by atoms with Crippen molar-refractivity contribution < 1.29 is 29.3 Å². The first-order valence-electron chi connectivity index (χ1n) is 8.73. The van der Waals surface area contributed by atoms with Gasteiger partial charge in [-0.25, -0.2) is 9.59 Å². The summed E-state index contributed by atoms with van der Waals surface area (Å²) in [5.41, 5.74) is 0.823. The number of amides is 1. The number of alkyl halides is 1. The van der Waals surface area contributed by atoms with Gasteiger partial charge in [0.05, 0.1) is 16.8 Å². The summed E-state index contributed by atoms with van der Waals surface area (Å²) >= 11 is 5.81. The number of nitrogens with one attached hydrogen (secondary N) is 1. The minimum absolute atomic E-state index is 0.114. The number of carboxylic acids is 2. The topological polar surface area (TPSA) is 113 Å². The highest BCUT2D eigenvalue weighted by Crippen LogP contribution is 2.31. The van der Waals surface area contributed by atoms with Gasteiger partial charge < -0.3 is 20.3 Å². The second-order valence-corrected chi connectivity index (χ2v) is 6.47. The standard InChI is InChI=1S/C22H16ClNO6/c23-12-13-4-3-5-14(10-13)20(25)24-18-6-1-2-7-19(18)30-15-8-9-16(21(26)27)17(11-15)22(28)29/h1-11H,12H2,(H,24,25)(H,26,27)(H,28,29). The van der Waals surface area contributed by atoms with Crippen LogP contribution in [0.15, 0.2) is 66.7 Å². The summed E-state index contributed by atoms with van der Waals surface area (Å²) in [5.74, 6) is -2.46. The van der Waals surface area contributed by atoms with Crippen LogP contribution in [0.3, 0.4) is 0 Å². The zero-order valence-electron chi connectivity index (χ0n) is 15.5. The minimum Gasteiger partial charge on any atom is -0.478 e. The van der Waals surface area contributed by atoms with Crippen molar-refractivity contribution in [3.8, 4) is 11.5 Å². The third-order valence-corrected chi connectivity index (χ3v) is 4.47. The van der Waals surface area contributed by atoms with Crippen LogP contribution in [0.1, 0.15) is 36.6 Å². The van der Waals surface area contributed by atoms with E-state index in [9.17, 15) is 19.5 Å². The van der Waals surface area contributed by atoms with E-state index in [-0.39, 0.29) is 28.8 Å². The SMILES string of the molecule is O=C(Nc1ccccc1Oc1ccc(C(=O)O)c(C(=O)O)c1)c1cccc(CCl)c1. The van der Waals surface area contributed by atoms with Crippen molar-refractivity contribution in [2.45, 2.75) is 5.88 Å². The number of hydrogen-bond acceptors (Lipinski definition) is 4. The molecule has 3 aromatic carbocycles. The predicted molar refractivity (Wildman–Crippen MR) is 111 cm³/mol. The van der Waals surface area contributed by atoms with Crippen molar-refractivity contribution in [1.29, 1.82) is 0 Å². The van der Waals surface area contributed by atoms with Crippen LogP contribution in [0, 0.1) is 0 Å². The second kappa shape index (κ2) is 9.11. The molecule has 0 fully saturated rings. The van der Waals surface area contributed by atoms with E-state index in [0.717, 1.165) is 17.7 Å². The Morgan fingerprint density at radius 1 is 0.867 bits per heavy atom. The molecule has 0 unspecified atom stereocenters. The molecule has 0 radical (unpaired) electrons. The first-order valence-corrected chi connectivity index (χ1v) is 9.26. The molecule has 0 aromatic heterocycles. The smallest absolute Gasteiger partial charge is 0.336 e. The summed E-state index contributed by atoms with van der Waals surface area (Å²) in [7, 11) is 0. The zero-order chi connectivity index (χ0) is 21.7. The molecule has 1 amide bonds. The summed E-state index contributed by atoms with van der Waals surface area (Å²) in [6.45, 7) is 0. The molecule has 3 aromatic rings. The predicted octanol–water partition coefficient (Wildman–Crippen LogP) is 4.87. The lowest BCUT2D eigenvalue weighted by molar-refractivity contribution is 0.0651. The average molecular weight is 426 g/mol. The van der Waals surface area contributed by atoms with Gasteiger partial charge in [0.15, 0.2) is 5.75 Å². The van der Waals surface area contributed by atoms with Gasteiger partial charge >= 0.3 is 11.9 Å². The molecule has 0 atom stereocenters. The lowest BCUT2D eigenvalue weighted by atomic mass is 10.1. The first kappa shape index (κ1) is 20.9. The van der Waals surface area contributed by atoms with Crippen molar-refractivity contribution in [3.05, 3.63) is 89.0 Å². The molecule has 0 aliphatic rings. The highest BCUT2D eigenvalue weighted by molar-refractivity contribution is 6.17. The maximum Gasteiger partial charge on any atom is 0.336 e. The van der Waals surface area contributed by atoms with Crippen molar-refractivity contribution in [2.24, 2.45) is 0 Å². The van der Waals surface area contributed by atoms with Crippen LogP contribution in [0.5, 0.6) is 11.5 Å². The molecular formula is C22H16ClNO6. The molecule has 30 heavy (non-hydrogen) atoms. The summed E-state index contributed by atoms with van der Waals surface area (Å²) in [6, 6.07) is 17.1. The molecule has 0 saturated carbocycles. The van der Waals surface area contributed by atoms with Gasteiger partial charge in [0.25, 0.3) is 5.91 Å². The molecule has 0 heterocycles. The Hall–Kier alpha value is -3.84. The quantitative estimate of drug-likeness (QED) is 0.465. The Bertz CT molecular complexity index is 1130. The van der Waals surface area contributed by atoms with Gasteiger partial charge in [-0.3, -0.25) is 4.79 Å². The first-order chi connectivity index (χ1) is 14.4. The van der Waals surface area contributed by atoms with Crippen LogP contribution >= 0.6 is 11.6 Å². The Balaban J connectivity index is 1.87. The van der Waals surface area contributed by atoms with Crippen LogP contribution in [0.4, 0.5) is 5.69 Å². The van der Waals surface area contributed by atoms with E-state index in [1.54, 1.807) is 42.5 Å². The Morgan fingerprint density at radius 2 is 1.60 bits per heavy atom. The van der Waals surface area contributed by atoms with Crippen LogP contribution in [0.2, 0.25) is 0 Å². The van der Waals surface area contributed by atoms with Gasteiger partial charge in [-0.15, -0.1) is 11.6 Å². The molecule has 8 heteroatoms. The van der Waals surface area contributed by atoms with Gasteiger partial charge in [-0.2, -0.15) is 0 Å². The Morgan fingerprint density at radius 3 is 2.30 bits per heavy atom. The fourth-order valence-electron chi connectivity index (χ4n) is 2.73. The molecular weight excluding hydrogens is 410 g/mol. The molecule has 0 aliphatic heterocycles. The molecule has 3 rings (SSSR count). The number of rotatable bonds is 7. The second-order valence-electron chi connectivity index (χ2n) is 6.20. The number of halogens is 1.